The van der Waals surface area contributed by atoms with Crippen molar-refractivity contribution in [1.29, 1.82) is 0 Å². The van der Waals surface area contributed by atoms with Crippen LogP contribution in [0.2, 0.25) is 0 Å². The minimum atomic E-state index is -0.464. The standard InChI is InChI=1S/C25H17FN4O2S/c1-15-2-11-20-22(14-15)33-25(28-20)16-3-7-18(8-4-16)27-24(32)21-12-13-23(31)30(29-21)19-9-5-17(26)6-10-19/h2-14H,1H3,(H,27,32). The third-order valence-electron chi connectivity index (χ3n) is 5.04. The zero-order chi connectivity index (χ0) is 22.9. The zero-order valence-electron chi connectivity index (χ0n) is 17.4. The lowest BCUT2D eigenvalue weighted by atomic mass is 10.2. The molecule has 0 saturated heterocycles. The van der Waals surface area contributed by atoms with E-state index in [0.29, 0.717) is 11.4 Å². The third-order valence-corrected chi connectivity index (χ3v) is 6.11. The number of nitrogens with one attached hydrogen (secondary N) is 1. The van der Waals surface area contributed by atoms with Gasteiger partial charge in [0.15, 0.2) is 0 Å². The van der Waals surface area contributed by atoms with Gasteiger partial charge in [-0.05, 0) is 79.2 Å². The van der Waals surface area contributed by atoms with E-state index < -0.39 is 17.3 Å². The second-order valence-corrected chi connectivity index (χ2v) is 8.50. The van der Waals surface area contributed by atoms with Crippen molar-refractivity contribution in [2.75, 3.05) is 5.32 Å². The van der Waals surface area contributed by atoms with Crippen molar-refractivity contribution >= 4 is 33.1 Å². The Morgan fingerprint density at radius 3 is 2.48 bits per heavy atom. The average molecular weight is 457 g/mol. The van der Waals surface area contributed by atoms with Crippen molar-refractivity contribution < 1.29 is 9.18 Å². The van der Waals surface area contributed by atoms with Crippen molar-refractivity contribution in [3.8, 4) is 16.3 Å². The summed E-state index contributed by atoms with van der Waals surface area (Å²) in [6.45, 7) is 2.05. The Labute approximate surface area is 192 Å². The molecule has 0 saturated carbocycles. The molecule has 0 fully saturated rings. The van der Waals surface area contributed by atoms with E-state index in [1.54, 1.807) is 23.5 Å². The number of benzene rings is 3. The van der Waals surface area contributed by atoms with Gasteiger partial charge < -0.3 is 5.32 Å². The number of amides is 1. The van der Waals surface area contributed by atoms with E-state index >= 15 is 0 Å². The topological polar surface area (TPSA) is 76.9 Å². The first-order valence-electron chi connectivity index (χ1n) is 10.1. The SMILES string of the molecule is Cc1ccc2nc(-c3ccc(NC(=O)c4ccc(=O)n(-c5ccc(F)cc5)n4)cc3)sc2c1. The molecule has 33 heavy (non-hydrogen) atoms. The Morgan fingerprint density at radius 2 is 1.73 bits per heavy atom. The summed E-state index contributed by atoms with van der Waals surface area (Å²) in [6, 6.07) is 21.5. The lowest BCUT2D eigenvalue weighted by Gasteiger charge is -2.08. The average Bonchev–Trinajstić information content (AvgIpc) is 3.23. The van der Waals surface area contributed by atoms with Gasteiger partial charge in [0.2, 0.25) is 0 Å². The van der Waals surface area contributed by atoms with Crippen LogP contribution in [0.25, 0.3) is 26.5 Å². The smallest absolute Gasteiger partial charge is 0.276 e. The first-order chi connectivity index (χ1) is 16.0. The van der Waals surface area contributed by atoms with Crippen molar-refractivity contribution in [1.82, 2.24) is 14.8 Å². The van der Waals surface area contributed by atoms with E-state index in [1.165, 1.54) is 42.0 Å². The molecule has 0 atom stereocenters. The highest BCUT2D eigenvalue weighted by Crippen LogP contribution is 2.31. The molecule has 0 spiro atoms. The maximum Gasteiger partial charge on any atom is 0.276 e. The summed E-state index contributed by atoms with van der Waals surface area (Å²) in [5.41, 5.74) is 3.69. The van der Waals surface area contributed by atoms with Gasteiger partial charge in [-0.3, -0.25) is 9.59 Å². The Balaban J connectivity index is 1.36. The second-order valence-electron chi connectivity index (χ2n) is 7.47. The number of aryl methyl sites for hydroxylation is 1. The van der Waals surface area contributed by atoms with E-state index in [1.807, 2.05) is 24.3 Å². The van der Waals surface area contributed by atoms with Crippen LogP contribution in [0, 0.1) is 12.7 Å². The van der Waals surface area contributed by atoms with Gasteiger partial charge in [-0.1, -0.05) is 6.07 Å². The lowest BCUT2D eigenvalue weighted by molar-refractivity contribution is 0.102. The van der Waals surface area contributed by atoms with Crippen molar-refractivity contribution in [3.05, 3.63) is 106 Å². The van der Waals surface area contributed by atoms with E-state index in [-0.39, 0.29) is 5.69 Å². The highest BCUT2D eigenvalue weighted by Gasteiger charge is 2.12. The first kappa shape index (κ1) is 20.7. The number of hydrogen-bond acceptors (Lipinski definition) is 5. The molecule has 2 aromatic heterocycles. The normalized spacial score (nSPS) is 11.0. The predicted octanol–water partition coefficient (Wildman–Crippen LogP) is 5.21. The molecule has 0 radical (unpaired) electrons. The maximum absolute atomic E-state index is 13.2. The number of carbonyl (C=O) groups is 1. The van der Waals surface area contributed by atoms with E-state index in [0.717, 1.165) is 25.5 Å². The molecule has 162 valence electrons. The van der Waals surface area contributed by atoms with Gasteiger partial charge in [0, 0.05) is 17.3 Å². The van der Waals surface area contributed by atoms with Crippen LogP contribution in [0.4, 0.5) is 10.1 Å². The van der Waals surface area contributed by atoms with Crippen LogP contribution >= 0.6 is 11.3 Å². The summed E-state index contributed by atoms with van der Waals surface area (Å²) in [5.74, 6) is -0.890. The molecule has 3 aromatic carbocycles. The molecule has 8 heteroatoms. The van der Waals surface area contributed by atoms with Crippen LogP contribution in [0.1, 0.15) is 16.1 Å². The van der Waals surface area contributed by atoms with Gasteiger partial charge in [-0.15, -0.1) is 11.3 Å². The summed E-state index contributed by atoms with van der Waals surface area (Å²) in [5, 5.41) is 7.81. The number of carbonyl (C=O) groups excluding carboxylic acids is 1. The molecule has 5 rings (SSSR count). The van der Waals surface area contributed by atoms with E-state index in [2.05, 4.69) is 28.4 Å². The van der Waals surface area contributed by atoms with Crippen molar-refractivity contribution in [3.63, 3.8) is 0 Å². The summed E-state index contributed by atoms with van der Waals surface area (Å²) in [7, 11) is 0. The van der Waals surface area contributed by atoms with E-state index in [9.17, 15) is 14.0 Å². The summed E-state index contributed by atoms with van der Waals surface area (Å²) < 4.78 is 15.4. The molecular formula is C25H17FN4O2S. The minimum absolute atomic E-state index is 0.0598. The second kappa shape index (κ2) is 8.40. The quantitative estimate of drug-likeness (QED) is 0.403. The first-order valence-corrected chi connectivity index (χ1v) is 10.9. The van der Waals surface area contributed by atoms with Crippen LogP contribution < -0.4 is 10.9 Å². The van der Waals surface area contributed by atoms with Crippen molar-refractivity contribution in [2.24, 2.45) is 0 Å². The van der Waals surface area contributed by atoms with Crippen LogP contribution in [0.3, 0.4) is 0 Å². The Bertz CT molecular complexity index is 1540. The fourth-order valence-corrected chi connectivity index (χ4v) is 4.42. The van der Waals surface area contributed by atoms with Crippen molar-refractivity contribution in [2.45, 2.75) is 6.92 Å². The molecule has 0 aliphatic heterocycles. The fraction of sp³-hybridized carbons (Fsp3) is 0.0400. The number of rotatable bonds is 4. The summed E-state index contributed by atoms with van der Waals surface area (Å²) in [6.07, 6.45) is 0. The number of aromatic nitrogens is 3. The fourth-order valence-electron chi connectivity index (χ4n) is 3.35. The molecule has 0 aliphatic carbocycles. The number of thiazole rings is 1. The molecule has 2 heterocycles. The van der Waals surface area contributed by atoms with Crippen LogP contribution in [-0.4, -0.2) is 20.7 Å². The van der Waals surface area contributed by atoms with Crippen LogP contribution in [0.15, 0.2) is 83.7 Å². The monoisotopic (exact) mass is 456 g/mol. The molecule has 0 bridgehead atoms. The number of halogens is 1. The number of hydrogen-bond donors (Lipinski definition) is 1. The van der Waals surface area contributed by atoms with Crippen LogP contribution in [-0.2, 0) is 0 Å². The highest BCUT2D eigenvalue weighted by atomic mass is 32.1. The molecule has 0 aliphatic rings. The Hall–Kier alpha value is -4.17. The molecule has 1 amide bonds. The van der Waals surface area contributed by atoms with Gasteiger partial charge in [0.1, 0.15) is 16.5 Å². The Kier molecular flexibility index (Phi) is 5.27. The zero-order valence-corrected chi connectivity index (χ0v) is 18.3. The van der Waals surface area contributed by atoms with Gasteiger partial charge in [0.05, 0.1) is 15.9 Å². The van der Waals surface area contributed by atoms with Crippen LogP contribution in [0.5, 0.6) is 0 Å². The highest BCUT2D eigenvalue weighted by molar-refractivity contribution is 7.21. The number of nitrogens with zero attached hydrogens (tertiary/aromatic N) is 3. The molecular weight excluding hydrogens is 439 g/mol. The predicted molar refractivity (Wildman–Crippen MR) is 128 cm³/mol. The molecule has 5 aromatic rings. The number of fused-ring (bicyclic) bond motifs is 1. The van der Waals surface area contributed by atoms with Gasteiger partial charge in [-0.25, -0.2) is 9.37 Å². The lowest BCUT2D eigenvalue weighted by Crippen LogP contribution is -2.24. The van der Waals surface area contributed by atoms with Gasteiger partial charge >= 0.3 is 0 Å². The number of anilines is 1. The summed E-state index contributed by atoms with van der Waals surface area (Å²) >= 11 is 1.62. The van der Waals surface area contributed by atoms with E-state index in [4.69, 9.17) is 0 Å². The minimum Gasteiger partial charge on any atom is -0.321 e. The van der Waals surface area contributed by atoms with Gasteiger partial charge in [-0.2, -0.15) is 9.78 Å². The van der Waals surface area contributed by atoms with Gasteiger partial charge in [0.25, 0.3) is 11.5 Å². The molecule has 6 nitrogen and oxygen atoms in total. The largest absolute Gasteiger partial charge is 0.321 e. The summed E-state index contributed by atoms with van der Waals surface area (Å²) in [4.78, 5) is 29.6. The molecule has 1 N–H and O–H groups in total. The maximum atomic E-state index is 13.2. The third kappa shape index (κ3) is 4.28. The Morgan fingerprint density at radius 1 is 0.970 bits per heavy atom. The molecule has 0 unspecified atom stereocenters.